The first-order valence-corrected chi connectivity index (χ1v) is 21.3. The summed E-state index contributed by atoms with van der Waals surface area (Å²) in [6.07, 6.45) is 0. The lowest BCUT2D eigenvalue weighted by Gasteiger charge is -2.27. The number of aromatic nitrogens is 1. The van der Waals surface area contributed by atoms with Crippen LogP contribution >= 0.6 is 0 Å². The fraction of sp³-hybridized carbons (Fsp3) is 0. The molecule has 62 heavy (non-hydrogen) atoms. The summed E-state index contributed by atoms with van der Waals surface area (Å²) in [7, 11) is 0. The maximum Gasteiger partial charge on any atom is 0.0562 e. The van der Waals surface area contributed by atoms with Crippen LogP contribution in [0.1, 0.15) is 0 Å². The van der Waals surface area contributed by atoms with Crippen molar-refractivity contribution in [1.82, 2.24) is 4.57 Å². The summed E-state index contributed by atoms with van der Waals surface area (Å²) in [5.41, 5.74) is 18.6. The number of anilines is 3. The Bertz CT molecular complexity index is 3310. The van der Waals surface area contributed by atoms with Gasteiger partial charge in [-0.1, -0.05) is 200 Å². The van der Waals surface area contributed by atoms with Gasteiger partial charge in [-0.3, -0.25) is 0 Å². The standard InChI is InChI=1S/C60H42N2/c1-5-18-43(19-6-1)45-32-35-50(36-33-45)61(51-27-17-26-49(40-51)54-29-14-13-28-53(54)46-22-9-3-10-23-46)52-37-38-56-55-30-15-16-31-58(55)62(60(56)42-52)59-39-34-48(44-20-7-2-8-21-44)41-57(59)47-24-11-4-12-25-47/h1-42H. The van der Waals surface area contributed by atoms with E-state index in [-0.39, 0.29) is 0 Å². The van der Waals surface area contributed by atoms with E-state index in [9.17, 15) is 0 Å². The molecular formula is C60H42N2. The molecule has 2 nitrogen and oxygen atoms in total. The highest BCUT2D eigenvalue weighted by molar-refractivity contribution is 6.11. The van der Waals surface area contributed by atoms with Crippen molar-refractivity contribution in [1.29, 1.82) is 0 Å². The first-order valence-electron chi connectivity index (χ1n) is 21.3. The van der Waals surface area contributed by atoms with Crippen molar-refractivity contribution in [3.05, 3.63) is 255 Å². The molecule has 0 fully saturated rings. The minimum atomic E-state index is 1.07. The van der Waals surface area contributed by atoms with Gasteiger partial charge in [0.05, 0.1) is 16.7 Å². The number of hydrogen-bond acceptors (Lipinski definition) is 1. The van der Waals surface area contributed by atoms with Gasteiger partial charge in [-0.05, 0) is 105 Å². The average Bonchev–Trinajstić information content (AvgIpc) is 3.69. The molecule has 0 spiro atoms. The summed E-state index contributed by atoms with van der Waals surface area (Å²) in [6, 6.07) is 92.1. The predicted molar refractivity (Wildman–Crippen MR) is 263 cm³/mol. The topological polar surface area (TPSA) is 8.17 Å². The van der Waals surface area contributed by atoms with Gasteiger partial charge in [0, 0.05) is 33.4 Å². The van der Waals surface area contributed by atoms with Crippen LogP contribution in [0.25, 0.3) is 83.1 Å². The summed E-state index contributed by atoms with van der Waals surface area (Å²) in [6.45, 7) is 0. The van der Waals surface area contributed by atoms with Gasteiger partial charge in [-0.25, -0.2) is 0 Å². The summed E-state index contributed by atoms with van der Waals surface area (Å²) >= 11 is 0. The lowest BCUT2D eigenvalue weighted by Crippen LogP contribution is -2.10. The third kappa shape index (κ3) is 6.84. The Hall–Kier alpha value is -8.20. The van der Waals surface area contributed by atoms with Crippen LogP contribution in [0.5, 0.6) is 0 Å². The van der Waals surface area contributed by atoms with Gasteiger partial charge < -0.3 is 9.47 Å². The quantitative estimate of drug-likeness (QED) is 0.141. The third-order valence-electron chi connectivity index (χ3n) is 12.0. The lowest BCUT2D eigenvalue weighted by molar-refractivity contribution is 1.18. The lowest BCUT2D eigenvalue weighted by atomic mass is 9.94. The van der Waals surface area contributed by atoms with Crippen LogP contribution in [-0.4, -0.2) is 4.57 Å². The molecule has 11 aromatic rings. The molecule has 0 saturated carbocycles. The second-order valence-corrected chi connectivity index (χ2v) is 15.7. The van der Waals surface area contributed by atoms with E-state index in [0.717, 1.165) is 33.8 Å². The summed E-state index contributed by atoms with van der Waals surface area (Å²) in [5.74, 6) is 0. The van der Waals surface area contributed by atoms with E-state index in [1.54, 1.807) is 0 Å². The molecule has 1 heterocycles. The van der Waals surface area contributed by atoms with Gasteiger partial charge in [-0.2, -0.15) is 0 Å². The number of benzene rings is 10. The van der Waals surface area contributed by atoms with E-state index in [4.69, 9.17) is 0 Å². The summed E-state index contributed by atoms with van der Waals surface area (Å²) in [5, 5.41) is 2.43. The Kier molecular flexibility index (Phi) is 9.57. The van der Waals surface area contributed by atoms with Crippen LogP contribution in [-0.2, 0) is 0 Å². The Morgan fingerprint density at radius 2 is 0.710 bits per heavy atom. The normalized spacial score (nSPS) is 11.2. The SMILES string of the molecule is c1ccc(-c2ccc(N(c3cccc(-c4ccccc4-c4ccccc4)c3)c3ccc4c5ccccc5n(-c5ccc(-c6ccccc6)cc5-c5ccccc5)c4c3)cc2)cc1. The van der Waals surface area contributed by atoms with E-state index >= 15 is 0 Å². The molecule has 11 rings (SSSR count). The molecular weight excluding hydrogens is 749 g/mol. The van der Waals surface area contributed by atoms with E-state index in [2.05, 4.69) is 264 Å². The van der Waals surface area contributed by atoms with E-state index in [1.807, 2.05) is 0 Å². The molecule has 0 atom stereocenters. The number of nitrogens with zero attached hydrogens (tertiary/aromatic N) is 2. The van der Waals surface area contributed by atoms with Crippen LogP contribution in [0.2, 0.25) is 0 Å². The zero-order valence-corrected chi connectivity index (χ0v) is 34.1. The van der Waals surface area contributed by atoms with Crippen LogP contribution in [0.3, 0.4) is 0 Å². The highest BCUT2D eigenvalue weighted by atomic mass is 15.1. The van der Waals surface area contributed by atoms with Gasteiger partial charge in [0.1, 0.15) is 0 Å². The Labute approximate surface area is 362 Å². The highest BCUT2D eigenvalue weighted by Crippen LogP contribution is 2.43. The average molecular weight is 791 g/mol. The van der Waals surface area contributed by atoms with Crippen LogP contribution in [0, 0.1) is 0 Å². The van der Waals surface area contributed by atoms with Crippen LogP contribution in [0.4, 0.5) is 17.1 Å². The number of hydrogen-bond donors (Lipinski definition) is 0. The van der Waals surface area contributed by atoms with E-state index in [1.165, 1.54) is 66.4 Å². The van der Waals surface area contributed by atoms with E-state index < -0.39 is 0 Å². The van der Waals surface area contributed by atoms with Crippen LogP contribution < -0.4 is 4.90 Å². The Morgan fingerprint density at radius 1 is 0.242 bits per heavy atom. The molecule has 0 saturated heterocycles. The monoisotopic (exact) mass is 790 g/mol. The molecule has 10 aromatic carbocycles. The van der Waals surface area contributed by atoms with Crippen molar-refractivity contribution in [3.63, 3.8) is 0 Å². The minimum Gasteiger partial charge on any atom is -0.310 e. The Morgan fingerprint density at radius 3 is 1.39 bits per heavy atom. The van der Waals surface area contributed by atoms with Crippen molar-refractivity contribution < 1.29 is 0 Å². The van der Waals surface area contributed by atoms with Gasteiger partial charge in [0.15, 0.2) is 0 Å². The third-order valence-corrected chi connectivity index (χ3v) is 12.0. The van der Waals surface area contributed by atoms with Gasteiger partial charge in [-0.15, -0.1) is 0 Å². The molecule has 0 radical (unpaired) electrons. The molecule has 0 bridgehead atoms. The predicted octanol–water partition coefficient (Wildman–Crippen LogP) is 16.6. The zero-order valence-electron chi connectivity index (χ0n) is 34.1. The molecule has 0 N–H and O–H groups in total. The second kappa shape index (κ2) is 16.1. The maximum absolute atomic E-state index is 2.47. The number of para-hydroxylation sites is 1. The first-order chi connectivity index (χ1) is 30.8. The fourth-order valence-corrected chi connectivity index (χ4v) is 9.05. The van der Waals surface area contributed by atoms with Crippen molar-refractivity contribution in [2.45, 2.75) is 0 Å². The molecule has 0 unspecified atom stereocenters. The molecule has 0 aliphatic heterocycles. The molecule has 0 amide bonds. The molecule has 0 aliphatic rings. The largest absolute Gasteiger partial charge is 0.310 e. The van der Waals surface area contributed by atoms with Crippen molar-refractivity contribution in [2.75, 3.05) is 4.90 Å². The highest BCUT2D eigenvalue weighted by Gasteiger charge is 2.21. The second-order valence-electron chi connectivity index (χ2n) is 15.7. The van der Waals surface area contributed by atoms with Crippen molar-refractivity contribution >= 4 is 38.9 Å². The smallest absolute Gasteiger partial charge is 0.0562 e. The minimum absolute atomic E-state index is 1.07. The maximum atomic E-state index is 2.47. The van der Waals surface area contributed by atoms with Crippen molar-refractivity contribution in [3.8, 4) is 61.3 Å². The fourth-order valence-electron chi connectivity index (χ4n) is 9.05. The van der Waals surface area contributed by atoms with E-state index in [0.29, 0.717) is 0 Å². The molecule has 2 heteroatoms. The van der Waals surface area contributed by atoms with Gasteiger partial charge in [0.2, 0.25) is 0 Å². The Balaban J connectivity index is 1.12. The summed E-state index contributed by atoms with van der Waals surface area (Å²) in [4.78, 5) is 2.40. The molecule has 292 valence electrons. The zero-order chi connectivity index (χ0) is 41.2. The molecule has 1 aromatic heterocycles. The number of fused-ring (bicyclic) bond motifs is 3. The van der Waals surface area contributed by atoms with Crippen LogP contribution in [0.15, 0.2) is 255 Å². The van der Waals surface area contributed by atoms with Crippen molar-refractivity contribution in [2.24, 2.45) is 0 Å². The van der Waals surface area contributed by atoms with Gasteiger partial charge >= 0.3 is 0 Å². The molecule has 0 aliphatic carbocycles. The first kappa shape index (κ1) is 36.8. The number of rotatable bonds is 9. The van der Waals surface area contributed by atoms with Gasteiger partial charge in [0.25, 0.3) is 0 Å². The summed E-state index contributed by atoms with van der Waals surface area (Å²) < 4.78 is 2.47.